The number of ether oxygens (including phenoxy) is 1. The second-order valence-electron chi connectivity index (χ2n) is 7.02. The molecule has 0 aliphatic rings. The van der Waals surface area contributed by atoms with Crippen LogP contribution in [0, 0.1) is 6.92 Å². The lowest BCUT2D eigenvalue weighted by atomic mass is 10.0. The topological polar surface area (TPSA) is 112 Å². The number of benzene rings is 2. The number of amides is 1. The SMILES string of the molecule is COc1cc2occ(C)c2cc1/C(C)=C/C(=O)NCCc1ccc(S(N)(=O)=O)cc1. The molecule has 1 heterocycles. The van der Waals surface area contributed by atoms with Crippen molar-refractivity contribution in [2.75, 3.05) is 13.7 Å². The van der Waals surface area contributed by atoms with Gasteiger partial charge in [0.25, 0.3) is 0 Å². The molecule has 158 valence electrons. The van der Waals surface area contributed by atoms with Crippen LogP contribution < -0.4 is 15.2 Å². The Bertz CT molecular complexity index is 1210. The first-order valence-corrected chi connectivity index (χ1v) is 10.9. The Kier molecular flexibility index (Phi) is 6.28. The number of methoxy groups -OCH3 is 1. The predicted octanol–water partition coefficient (Wildman–Crippen LogP) is 3.16. The molecule has 0 aliphatic heterocycles. The summed E-state index contributed by atoms with van der Waals surface area (Å²) in [5.41, 5.74) is 4.23. The minimum absolute atomic E-state index is 0.0626. The Morgan fingerprint density at radius 3 is 2.57 bits per heavy atom. The lowest BCUT2D eigenvalue weighted by molar-refractivity contribution is -0.116. The van der Waals surface area contributed by atoms with Crippen LogP contribution in [-0.2, 0) is 21.2 Å². The Morgan fingerprint density at radius 2 is 1.93 bits per heavy atom. The summed E-state index contributed by atoms with van der Waals surface area (Å²) in [6.45, 7) is 4.22. The second-order valence-corrected chi connectivity index (χ2v) is 8.59. The molecule has 0 bridgehead atoms. The number of aryl methyl sites for hydroxylation is 1. The molecule has 3 N–H and O–H groups in total. The van der Waals surface area contributed by atoms with E-state index in [1.165, 1.54) is 18.2 Å². The average Bonchev–Trinajstić information content (AvgIpc) is 3.06. The van der Waals surface area contributed by atoms with Crippen LogP contribution in [0.3, 0.4) is 0 Å². The fourth-order valence-electron chi connectivity index (χ4n) is 3.16. The molecular weight excluding hydrogens is 404 g/mol. The number of fused-ring (bicyclic) bond motifs is 1. The van der Waals surface area contributed by atoms with Crippen molar-refractivity contribution in [1.82, 2.24) is 5.32 Å². The summed E-state index contributed by atoms with van der Waals surface area (Å²) >= 11 is 0. The van der Waals surface area contributed by atoms with Crippen molar-refractivity contribution in [1.29, 1.82) is 0 Å². The van der Waals surface area contributed by atoms with Crippen LogP contribution in [0.25, 0.3) is 16.5 Å². The van der Waals surface area contributed by atoms with E-state index in [0.717, 1.165) is 33.2 Å². The predicted molar refractivity (Wildman–Crippen MR) is 116 cm³/mol. The lowest BCUT2D eigenvalue weighted by Crippen LogP contribution is -2.23. The first-order valence-electron chi connectivity index (χ1n) is 9.33. The van der Waals surface area contributed by atoms with Gasteiger partial charge >= 0.3 is 0 Å². The molecule has 0 atom stereocenters. The van der Waals surface area contributed by atoms with Crippen LogP contribution in [0.5, 0.6) is 5.75 Å². The van der Waals surface area contributed by atoms with E-state index in [0.29, 0.717) is 18.7 Å². The molecule has 0 unspecified atom stereocenters. The van der Waals surface area contributed by atoms with Gasteiger partial charge < -0.3 is 14.5 Å². The van der Waals surface area contributed by atoms with Crippen LogP contribution in [0.1, 0.15) is 23.6 Å². The highest BCUT2D eigenvalue weighted by Crippen LogP contribution is 2.33. The highest BCUT2D eigenvalue weighted by molar-refractivity contribution is 7.89. The molecule has 2 aromatic carbocycles. The van der Waals surface area contributed by atoms with Gasteiger partial charge in [0.05, 0.1) is 18.3 Å². The molecule has 1 amide bonds. The normalized spacial score (nSPS) is 12.2. The minimum Gasteiger partial charge on any atom is -0.496 e. The number of hydrogen-bond acceptors (Lipinski definition) is 5. The Hall–Kier alpha value is -3.10. The third-order valence-electron chi connectivity index (χ3n) is 4.83. The van der Waals surface area contributed by atoms with Gasteiger partial charge in [0.1, 0.15) is 11.3 Å². The van der Waals surface area contributed by atoms with Crippen molar-refractivity contribution in [2.24, 2.45) is 5.14 Å². The molecule has 0 radical (unpaired) electrons. The summed E-state index contributed by atoms with van der Waals surface area (Å²) in [5.74, 6) is 0.410. The molecule has 3 aromatic rings. The fraction of sp³-hybridized carbons (Fsp3) is 0.227. The van der Waals surface area contributed by atoms with Gasteiger partial charge in [-0.15, -0.1) is 0 Å². The number of hydrogen-bond donors (Lipinski definition) is 2. The first kappa shape index (κ1) is 21.6. The van der Waals surface area contributed by atoms with Crippen LogP contribution in [0.4, 0.5) is 0 Å². The van der Waals surface area contributed by atoms with Crippen molar-refractivity contribution < 1.29 is 22.4 Å². The van der Waals surface area contributed by atoms with Gasteiger partial charge in [-0.3, -0.25) is 4.79 Å². The lowest BCUT2D eigenvalue weighted by Gasteiger charge is -2.10. The van der Waals surface area contributed by atoms with Crippen molar-refractivity contribution >= 4 is 32.5 Å². The smallest absolute Gasteiger partial charge is 0.244 e. The fourth-order valence-corrected chi connectivity index (χ4v) is 3.68. The average molecular weight is 429 g/mol. The van der Waals surface area contributed by atoms with Gasteiger partial charge in [-0.2, -0.15) is 0 Å². The first-order chi connectivity index (χ1) is 14.2. The highest BCUT2D eigenvalue weighted by atomic mass is 32.2. The van der Waals surface area contributed by atoms with Gasteiger partial charge in [-0.05, 0) is 55.2 Å². The van der Waals surface area contributed by atoms with Gasteiger partial charge in [0, 0.05) is 29.6 Å². The van der Waals surface area contributed by atoms with Crippen LogP contribution in [0.15, 0.2) is 58.1 Å². The Balaban J connectivity index is 1.66. The summed E-state index contributed by atoms with van der Waals surface area (Å²) in [6.07, 6.45) is 3.78. The molecule has 7 nitrogen and oxygen atoms in total. The van der Waals surface area contributed by atoms with E-state index in [9.17, 15) is 13.2 Å². The summed E-state index contributed by atoms with van der Waals surface area (Å²) in [4.78, 5) is 12.4. The number of primary sulfonamides is 1. The number of nitrogens with one attached hydrogen (secondary N) is 1. The maximum Gasteiger partial charge on any atom is 0.244 e. The van der Waals surface area contributed by atoms with E-state index in [4.69, 9.17) is 14.3 Å². The number of rotatable bonds is 7. The van der Waals surface area contributed by atoms with Gasteiger partial charge in [0.2, 0.25) is 15.9 Å². The molecule has 0 spiro atoms. The standard InChI is InChI=1S/C22H24N2O5S/c1-14(18-11-19-15(2)13-29-21(19)12-20(18)28-3)10-22(25)24-9-8-16-4-6-17(7-5-16)30(23,26)27/h4-7,10-13H,8-9H2,1-3H3,(H,24,25)(H2,23,26,27)/b14-10+. The summed E-state index contributed by atoms with van der Waals surface area (Å²) in [5, 5.41) is 8.90. The number of allylic oxidation sites excluding steroid dienone is 1. The third kappa shape index (κ3) is 4.90. The van der Waals surface area contributed by atoms with E-state index in [1.807, 2.05) is 26.0 Å². The van der Waals surface area contributed by atoms with Crippen molar-refractivity contribution in [3.05, 3.63) is 65.4 Å². The quantitative estimate of drug-likeness (QED) is 0.562. The number of carbonyl (C=O) groups is 1. The Morgan fingerprint density at radius 1 is 1.23 bits per heavy atom. The van der Waals surface area contributed by atoms with Crippen molar-refractivity contribution in [2.45, 2.75) is 25.2 Å². The van der Waals surface area contributed by atoms with E-state index in [1.54, 1.807) is 25.5 Å². The zero-order chi connectivity index (χ0) is 21.9. The van der Waals surface area contributed by atoms with Crippen molar-refractivity contribution in [3.8, 4) is 5.75 Å². The second kappa shape index (κ2) is 8.73. The maximum atomic E-state index is 12.3. The third-order valence-corrected chi connectivity index (χ3v) is 5.76. The van der Waals surface area contributed by atoms with Crippen molar-refractivity contribution in [3.63, 3.8) is 0 Å². The number of sulfonamides is 1. The number of carbonyl (C=O) groups excluding carboxylic acids is 1. The van der Waals surface area contributed by atoms with E-state index >= 15 is 0 Å². The summed E-state index contributed by atoms with van der Waals surface area (Å²) in [6, 6.07) is 10.0. The molecule has 30 heavy (non-hydrogen) atoms. The zero-order valence-electron chi connectivity index (χ0n) is 17.1. The van der Waals surface area contributed by atoms with E-state index in [-0.39, 0.29) is 10.8 Å². The monoisotopic (exact) mass is 428 g/mol. The molecular formula is C22H24N2O5S. The van der Waals surface area contributed by atoms with Crippen LogP contribution in [0.2, 0.25) is 0 Å². The van der Waals surface area contributed by atoms with Crippen LogP contribution >= 0.6 is 0 Å². The minimum atomic E-state index is -3.71. The maximum absolute atomic E-state index is 12.3. The van der Waals surface area contributed by atoms with Gasteiger partial charge in [-0.25, -0.2) is 13.6 Å². The largest absolute Gasteiger partial charge is 0.496 e. The zero-order valence-corrected chi connectivity index (χ0v) is 17.9. The molecule has 0 saturated heterocycles. The molecule has 8 heteroatoms. The molecule has 0 saturated carbocycles. The highest BCUT2D eigenvalue weighted by Gasteiger charge is 2.12. The molecule has 3 rings (SSSR count). The van der Waals surface area contributed by atoms with E-state index < -0.39 is 10.0 Å². The number of furan rings is 1. The van der Waals surface area contributed by atoms with Gasteiger partial charge in [0.15, 0.2) is 0 Å². The molecule has 1 aromatic heterocycles. The molecule has 0 fully saturated rings. The van der Waals surface area contributed by atoms with Crippen LogP contribution in [-0.4, -0.2) is 28.0 Å². The van der Waals surface area contributed by atoms with E-state index in [2.05, 4.69) is 5.32 Å². The Labute approximate surface area is 175 Å². The van der Waals surface area contributed by atoms with Gasteiger partial charge in [-0.1, -0.05) is 12.1 Å². The number of nitrogens with two attached hydrogens (primary N) is 1. The summed E-state index contributed by atoms with van der Waals surface area (Å²) < 4.78 is 33.5. The molecule has 0 aliphatic carbocycles. The summed E-state index contributed by atoms with van der Waals surface area (Å²) in [7, 11) is -2.13.